The lowest BCUT2D eigenvalue weighted by Crippen LogP contribution is -2.52. The molecule has 4 amide bonds. The number of amides is 4. The van der Waals surface area contributed by atoms with Gasteiger partial charge >= 0.3 is 12.1 Å². The minimum Gasteiger partial charge on any atom is -0.598 e. The van der Waals surface area contributed by atoms with Crippen LogP contribution < -0.4 is 5.32 Å². The second-order valence-corrected chi connectivity index (χ2v) is 18.2. The number of halogens is 2. The van der Waals surface area contributed by atoms with Crippen LogP contribution in [0.25, 0.3) is 0 Å². The van der Waals surface area contributed by atoms with E-state index >= 15 is 0 Å². The van der Waals surface area contributed by atoms with Gasteiger partial charge in [0.1, 0.15) is 11.0 Å². The van der Waals surface area contributed by atoms with Gasteiger partial charge in [-0.05, 0) is 132 Å². The third-order valence-electron chi connectivity index (χ3n) is 11.0. The number of piperidine rings is 3. The number of hydrogen-bond donors (Lipinski definition) is 2. The van der Waals surface area contributed by atoms with E-state index in [9.17, 15) is 24.0 Å². The summed E-state index contributed by atoms with van der Waals surface area (Å²) in [5.41, 5.74) is 2.70. The molecule has 6 rings (SSSR count). The number of urea groups is 1. The summed E-state index contributed by atoms with van der Waals surface area (Å²) >= 11 is 5.84. The number of nitrogens with zero attached hydrogens (tertiary/aromatic N) is 4. The predicted molar refractivity (Wildman–Crippen MR) is 205 cm³/mol. The number of phenolic OH excluding ortho intramolecular Hbond substituents is 1. The van der Waals surface area contributed by atoms with E-state index in [1.54, 1.807) is 17.0 Å². The molecule has 0 aliphatic carbocycles. The molecule has 14 heteroatoms. The zero-order valence-electron chi connectivity index (χ0n) is 29.4. The Kier molecular flexibility index (Phi) is 12.8. The van der Waals surface area contributed by atoms with Gasteiger partial charge in [-0.25, -0.2) is 9.59 Å². The molecule has 2 N–H and O–H groups in total. The van der Waals surface area contributed by atoms with Crippen LogP contribution in [0.2, 0.25) is 0 Å². The molecule has 0 spiro atoms. The van der Waals surface area contributed by atoms with E-state index in [0.29, 0.717) is 66.3 Å². The normalized spacial score (nSPS) is 21.2. The van der Waals surface area contributed by atoms with E-state index in [1.807, 2.05) is 47.9 Å². The van der Waals surface area contributed by atoms with Gasteiger partial charge in [0.25, 0.3) is 5.91 Å². The summed E-state index contributed by atoms with van der Waals surface area (Å²) in [6, 6.07) is 11.2. The van der Waals surface area contributed by atoms with E-state index in [-0.39, 0.29) is 35.4 Å². The van der Waals surface area contributed by atoms with E-state index in [0.717, 1.165) is 62.0 Å². The Morgan fingerprint density at radius 3 is 2.14 bits per heavy atom. The smallest absolute Gasteiger partial charge is 0.410 e. The van der Waals surface area contributed by atoms with Gasteiger partial charge in [0, 0.05) is 75.3 Å². The molecule has 4 aliphatic rings. The van der Waals surface area contributed by atoms with Crippen molar-refractivity contribution in [2.75, 3.05) is 51.1 Å². The van der Waals surface area contributed by atoms with Crippen molar-refractivity contribution in [2.45, 2.75) is 82.6 Å². The Morgan fingerprint density at radius 2 is 1.51 bits per heavy atom. The third kappa shape index (κ3) is 9.17. The molecule has 1 unspecified atom stereocenters. The molecule has 3 fully saturated rings. The van der Waals surface area contributed by atoms with Gasteiger partial charge < -0.3 is 34.4 Å². The number of carbonyl (C=O) groups excluding carboxylic acids is 3. The first-order valence-corrected chi connectivity index (χ1v) is 21.0. The molecule has 4 heterocycles. The van der Waals surface area contributed by atoms with Crippen molar-refractivity contribution in [1.29, 1.82) is 0 Å². The van der Waals surface area contributed by atoms with Crippen LogP contribution in [-0.4, -0.2) is 110 Å². The lowest BCUT2D eigenvalue weighted by Gasteiger charge is -2.41. The fraction of sp³-hybridized carbons (Fsp3) is 0.595. The number of likely N-dealkylation sites (tertiary alicyclic amines) is 2. The van der Waals surface area contributed by atoms with Gasteiger partial charge in [-0.2, -0.15) is 0 Å². The maximum Gasteiger partial charge on any atom is 0.410 e. The van der Waals surface area contributed by atoms with Crippen LogP contribution in [0, 0.1) is 11.8 Å². The Bertz CT molecular complexity index is 1540. The monoisotopic (exact) mass is 849 g/mol. The van der Waals surface area contributed by atoms with E-state index in [1.165, 1.54) is 0 Å². The summed E-state index contributed by atoms with van der Waals surface area (Å²) in [4.78, 5) is 46.2. The van der Waals surface area contributed by atoms with Crippen LogP contribution in [0.4, 0.5) is 15.3 Å². The lowest BCUT2D eigenvalue weighted by molar-refractivity contribution is -0.142. The number of nitrogens with one attached hydrogen (secondary N) is 1. The minimum absolute atomic E-state index is 0.00150. The summed E-state index contributed by atoms with van der Waals surface area (Å²) in [6.07, 6.45) is 4.44. The topological polar surface area (TPSA) is 129 Å². The van der Waals surface area contributed by atoms with Crippen molar-refractivity contribution in [1.82, 2.24) is 19.0 Å². The summed E-state index contributed by atoms with van der Waals surface area (Å²) in [6.45, 7) is 8.36. The quantitative estimate of drug-likeness (QED) is 0.289. The molecule has 4 aliphatic heterocycles. The molecular weight excluding hydrogens is 802 g/mol. The number of aromatic hydroxyl groups is 1. The molecule has 0 saturated carbocycles. The van der Waals surface area contributed by atoms with Crippen molar-refractivity contribution in [2.24, 2.45) is 11.8 Å². The Hall–Kier alpha value is -2.52. The molecule has 0 radical (unpaired) electrons. The van der Waals surface area contributed by atoms with Gasteiger partial charge in [-0.1, -0.05) is 18.2 Å². The number of hydrogen-bond acceptors (Lipinski definition) is 7. The summed E-state index contributed by atoms with van der Waals surface area (Å²) in [5.74, 6) is 0.920. The SMILES string of the molecule is CC(C)[S+]([O-])N1CCC(C2CCN(C(=O)[C@@H](Cc3cc(Br)c(O)c(Br)c3)OC(=O)N3CCC(N4CCc5ccccc5NC4=O)CC3)CC2)CC1. The molecule has 2 aromatic carbocycles. The van der Waals surface area contributed by atoms with Crippen molar-refractivity contribution >= 4 is 66.9 Å². The number of phenols is 1. The lowest BCUT2D eigenvalue weighted by atomic mass is 9.79. The van der Waals surface area contributed by atoms with Crippen LogP contribution in [0.3, 0.4) is 0 Å². The highest BCUT2D eigenvalue weighted by Crippen LogP contribution is 2.36. The zero-order chi connectivity index (χ0) is 36.2. The van der Waals surface area contributed by atoms with Gasteiger partial charge in [-0.3, -0.25) is 4.79 Å². The largest absolute Gasteiger partial charge is 0.598 e. The molecule has 278 valence electrons. The summed E-state index contributed by atoms with van der Waals surface area (Å²) < 4.78 is 21.7. The average molecular weight is 852 g/mol. The number of anilines is 1. The molecular formula is C37H49Br2N5O6S. The van der Waals surface area contributed by atoms with Crippen LogP contribution >= 0.6 is 31.9 Å². The average Bonchev–Trinajstić information content (AvgIpc) is 3.31. The number of carbonyl (C=O) groups is 3. The zero-order valence-corrected chi connectivity index (χ0v) is 33.4. The van der Waals surface area contributed by atoms with Gasteiger partial charge in [-0.15, -0.1) is 4.31 Å². The van der Waals surface area contributed by atoms with Gasteiger partial charge in [0.2, 0.25) is 0 Å². The fourth-order valence-electron chi connectivity index (χ4n) is 8.04. The Morgan fingerprint density at radius 1 is 0.922 bits per heavy atom. The molecule has 0 aromatic heterocycles. The standard InChI is InChI=1S/C37H49Br2N5O6S/c1-24(2)51(49)43-18-9-27(10-19-43)26-7-14-41(15-8-26)35(46)33(23-25-21-30(38)34(45)31(39)22-25)50-37(48)42-16-12-29(13-17-42)44-20-11-28-5-3-4-6-32(28)40-36(44)47/h3-6,21-22,24,26-27,29,33,45H,7-20,23H2,1-2H3,(H,40,47)/t33-,51?/m1/s1. The molecule has 2 atom stereocenters. The van der Waals surface area contributed by atoms with Crippen LogP contribution in [0.1, 0.15) is 63.5 Å². The highest BCUT2D eigenvalue weighted by atomic mass is 79.9. The van der Waals surface area contributed by atoms with E-state index in [2.05, 4.69) is 41.5 Å². The molecule has 0 bridgehead atoms. The fourth-order valence-corrected chi connectivity index (χ4v) is 10.5. The van der Waals surface area contributed by atoms with Crippen molar-refractivity contribution in [3.8, 4) is 5.75 Å². The molecule has 3 saturated heterocycles. The molecule has 11 nitrogen and oxygen atoms in total. The summed E-state index contributed by atoms with van der Waals surface area (Å²) in [5, 5.41) is 13.4. The Balaban J connectivity index is 1.06. The minimum atomic E-state index is -1.03. The highest BCUT2D eigenvalue weighted by Gasteiger charge is 2.38. The van der Waals surface area contributed by atoms with Crippen LogP contribution in [0.5, 0.6) is 5.75 Å². The first-order valence-electron chi connectivity index (χ1n) is 18.2. The van der Waals surface area contributed by atoms with E-state index < -0.39 is 23.6 Å². The first kappa shape index (κ1) is 38.2. The van der Waals surface area contributed by atoms with Gasteiger partial charge in [0.15, 0.2) is 6.10 Å². The summed E-state index contributed by atoms with van der Waals surface area (Å²) in [7, 11) is 0. The van der Waals surface area contributed by atoms with Crippen molar-refractivity contribution in [3.05, 3.63) is 56.5 Å². The maximum atomic E-state index is 14.1. The van der Waals surface area contributed by atoms with Crippen LogP contribution in [-0.2, 0) is 33.7 Å². The first-order chi connectivity index (χ1) is 24.5. The van der Waals surface area contributed by atoms with E-state index in [4.69, 9.17) is 4.74 Å². The second-order valence-electron chi connectivity index (χ2n) is 14.5. The van der Waals surface area contributed by atoms with Crippen molar-refractivity contribution < 1.29 is 28.8 Å². The number of fused-ring (bicyclic) bond motifs is 1. The number of para-hydroxylation sites is 1. The third-order valence-corrected chi connectivity index (χ3v) is 13.9. The number of benzene rings is 2. The van der Waals surface area contributed by atoms with Gasteiger partial charge in [0.05, 0.1) is 8.95 Å². The van der Waals surface area contributed by atoms with Crippen LogP contribution in [0.15, 0.2) is 45.3 Å². The maximum absolute atomic E-state index is 14.1. The highest BCUT2D eigenvalue weighted by molar-refractivity contribution is 9.11. The van der Waals surface area contributed by atoms with Crippen molar-refractivity contribution in [3.63, 3.8) is 0 Å². The predicted octanol–water partition coefficient (Wildman–Crippen LogP) is 6.54. The molecule has 2 aromatic rings. The second kappa shape index (κ2) is 17.1. The Labute approximate surface area is 321 Å². The number of rotatable bonds is 8. The number of ether oxygens (including phenoxy) is 1. The molecule has 51 heavy (non-hydrogen) atoms.